The van der Waals surface area contributed by atoms with Crippen LogP contribution in [0.3, 0.4) is 0 Å². The quantitative estimate of drug-likeness (QED) is 0.879. The molecule has 0 aliphatic heterocycles. The first kappa shape index (κ1) is 15.8. The van der Waals surface area contributed by atoms with E-state index in [9.17, 15) is 0 Å². The Labute approximate surface area is 131 Å². The summed E-state index contributed by atoms with van der Waals surface area (Å²) in [6.45, 7) is 9.76. The molecule has 0 aliphatic carbocycles. The molecule has 2 rings (SSSR count). The van der Waals surface area contributed by atoms with E-state index >= 15 is 0 Å². The Morgan fingerprint density at radius 3 is 2.57 bits per heavy atom. The topological polar surface area (TPSA) is 34.2 Å². The van der Waals surface area contributed by atoms with Gasteiger partial charge in [0.1, 0.15) is 5.75 Å². The first-order valence-electron chi connectivity index (χ1n) is 7.13. The van der Waals surface area contributed by atoms with Crippen LogP contribution in [0.5, 0.6) is 11.6 Å². The van der Waals surface area contributed by atoms with E-state index in [4.69, 9.17) is 16.3 Å². The molecule has 0 saturated carbocycles. The molecular weight excluding hydrogens is 284 g/mol. The fraction of sp³-hybridized carbons (Fsp3) is 0.353. The summed E-state index contributed by atoms with van der Waals surface area (Å²) < 4.78 is 5.99. The van der Waals surface area contributed by atoms with E-state index in [0.717, 1.165) is 40.7 Å². The first-order valence-corrected chi connectivity index (χ1v) is 7.51. The summed E-state index contributed by atoms with van der Waals surface area (Å²) in [5, 5.41) is 4.07. The van der Waals surface area contributed by atoms with Gasteiger partial charge in [0, 0.05) is 22.8 Å². The number of aryl methyl sites for hydroxylation is 3. The Hall–Kier alpha value is -1.58. The van der Waals surface area contributed by atoms with Crippen molar-refractivity contribution in [2.45, 2.75) is 34.2 Å². The molecule has 21 heavy (non-hydrogen) atoms. The molecule has 1 aromatic carbocycles. The zero-order chi connectivity index (χ0) is 15.4. The van der Waals surface area contributed by atoms with E-state index in [2.05, 4.69) is 30.2 Å². The second-order valence-electron chi connectivity index (χ2n) is 5.16. The maximum Gasteiger partial charge on any atom is 0.224 e. The number of nitrogens with one attached hydrogen (secondary N) is 1. The third-order valence-electron chi connectivity index (χ3n) is 3.33. The molecule has 0 atom stereocenters. The molecule has 2 aromatic rings. The number of benzene rings is 1. The maximum atomic E-state index is 6.05. The predicted octanol–water partition coefficient (Wildman–Crippen LogP) is 4.56. The second-order valence-corrected chi connectivity index (χ2v) is 5.56. The van der Waals surface area contributed by atoms with Gasteiger partial charge in [-0.3, -0.25) is 0 Å². The molecule has 0 amide bonds. The largest absolute Gasteiger partial charge is 0.439 e. The van der Waals surface area contributed by atoms with Crippen molar-refractivity contribution in [3.63, 3.8) is 0 Å². The summed E-state index contributed by atoms with van der Waals surface area (Å²) in [5.41, 5.74) is 4.22. The Morgan fingerprint density at radius 2 is 1.90 bits per heavy atom. The summed E-state index contributed by atoms with van der Waals surface area (Å²) in [5.74, 6) is 1.42. The van der Waals surface area contributed by atoms with Crippen LogP contribution in [0.4, 0.5) is 0 Å². The Kier molecular flexibility index (Phi) is 5.21. The minimum absolute atomic E-state index is 0.662. The van der Waals surface area contributed by atoms with E-state index in [-0.39, 0.29) is 0 Å². The Balaban J connectivity index is 2.35. The molecular formula is C17H21ClN2O. The maximum absolute atomic E-state index is 6.05. The lowest BCUT2D eigenvalue weighted by atomic mass is 10.1. The fourth-order valence-corrected chi connectivity index (χ4v) is 2.29. The third-order valence-corrected chi connectivity index (χ3v) is 3.76. The van der Waals surface area contributed by atoms with Crippen LogP contribution in [0.1, 0.15) is 29.3 Å². The van der Waals surface area contributed by atoms with Crippen molar-refractivity contribution in [2.75, 3.05) is 6.54 Å². The smallest absolute Gasteiger partial charge is 0.224 e. The van der Waals surface area contributed by atoms with E-state index in [1.807, 2.05) is 32.0 Å². The summed E-state index contributed by atoms with van der Waals surface area (Å²) in [6.07, 6.45) is 0. The van der Waals surface area contributed by atoms with Gasteiger partial charge in [-0.15, -0.1) is 0 Å². The standard InChI is InChI=1S/C17H21ClN2O/c1-5-19-10-15-11(2)8-13(4)20-17(15)21-14-6-7-16(18)12(3)9-14/h6-9,19H,5,10H2,1-4H3. The molecule has 0 spiro atoms. The monoisotopic (exact) mass is 304 g/mol. The van der Waals surface area contributed by atoms with Crippen LogP contribution >= 0.6 is 11.6 Å². The predicted molar refractivity (Wildman–Crippen MR) is 87.4 cm³/mol. The van der Waals surface area contributed by atoms with Crippen LogP contribution in [0.25, 0.3) is 0 Å². The van der Waals surface area contributed by atoms with Gasteiger partial charge in [0.05, 0.1) is 0 Å². The second kappa shape index (κ2) is 6.92. The van der Waals surface area contributed by atoms with Gasteiger partial charge in [-0.05, 0) is 62.7 Å². The van der Waals surface area contributed by atoms with Gasteiger partial charge in [-0.1, -0.05) is 18.5 Å². The van der Waals surface area contributed by atoms with Gasteiger partial charge in [0.2, 0.25) is 5.88 Å². The lowest BCUT2D eigenvalue weighted by molar-refractivity contribution is 0.451. The lowest BCUT2D eigenvalue weighted by Crippen LogP contribution is -2.14. The Bertz CT molecular complexity index is 641. The molecule has 0 aliphatic rings. The summed E-state index contributed by atoms with van der Waals surface area (Å²) in [7, 11) is 0. The van der Waals surface area contributed by atoms with E-state index in [1.54, 1.807) is 0 Å². The van der Waals surface area contributed by atoms with Crippen LogP contribution in [-0.2, 0) is 6.54 Å². The minimum Gasteiger partial charge on any atom is -0.439 e. The van der Waals surface area contributed by atoms with E-state index in [1.165, 1.54) is 5.56 Å². The van der Waals surface area contributed by atoms with Gasteiger partial charge in [0.25, 0.3) is 0 Å². The average Bonchev–Trinajstić information content (AvgIpc) is 2.42. The van der Waals surface area contributed by atoms with Crippen molar-refractivity contribution in [2.24, 2.45) is 0 Å². The minimum atomic E-state index is 0.662. The summed E-state index contributed by atoms with van der Waals surface area (Å²) >= 11 is 6.05. The highest BCUT2D eigenvalue weighted by Crippen LogP contribution is 2.28. The SMILES string of the molecule is CCNCc1c(C)cc(C)nc1Oc1ccc(Cl)c(C)c1. The fourth-order valence-electron chi connectivity index (χ4n) is 2.17. The van der Waals surface area contributed by atoms with Crippen molar-refractivity contribution < 1.29 is 4.74 Å². The van der Waals surface area contributed by atoms with Crippen LogP contribution in [0.2, 0.25) is 5.02 Å². The number of ether oxygens (including phenoxy) is 1. The highest BCUT2D eigenvalue weighted by atomic mass is 35.5. The normalized spacial score (nSPS) is 10.7. The molecule has 112 valence electrons. The van der Waals surface area contributed by atoms with Crippen LogP contribution in [-0.4, -0.2) is 11.5 Å². The number of rotatable bonds is 5. The van der Waals surface area contributed by atoms with Gasteiger partial charge < -0.3 is 10.1 Å². The molecule has 1 heterocycles. The molecule has 0 bridgehead atoms. The van der Waals surface area contributed by atoms with Crippen molar-refractivity contribution in [3.8, 4) is 11.6 Å². The molecule has 1 N–H and O–H groups in total. The summed E-state index contributed by atoms with van der Waals surface area (Å²) in [6, 6.07) is 7.72. The molecule has 4 heteroatoms. The summed E-state index contributed by atoms with van der Waals surface area (Å²) in [4.78, 5) is 4.54. The van der Waals surface area contributed by atoms with Crippen molar-refractivity contribution in [1.29, 1.82) is 0 Å². The number of hydrogen-bond donors (Lipinski definition) is 1. The van der Waals surface area contributed by atoms with Crippen LogP contribution in [0, 0.1) is 20.8 Å². The number of halogens is 1. The van der Waals surface area contributed by atoms with Gasteiger partial charge in [0.15, 0.2) is 0 Å². The molecule has 1 aromatic heterocycles. The zero-order valence-corrected chi connectivity index (χ0v) is 13.7. The average molecular weight is 305 g/mol. The third kappa shape index (κ3) is 3.96. The van der Waals surface area contributed by atoms with Crippen molar-refractivity contribution in [3.05, 3.63) is 51.7 Å². The highest BCUT2D eigenvalue weighted by molar-refractivity contribution is 6.31. The zero-order valence-electron chi connectivity index (χ0n) is 13.0. The first-order chi connectivity index (χ1) is 10.0. The van der Waals surface area contributed by atoms with Gasteiger partial charge >= 0.3 is 0 Å². The number of nitrogens with zero attached hydrogens (tertiary/aromatic N) is 1. The molecule has 0 saturated heterocycles. The highest BCUT2D eigenvalue weighted by Gasteiger charge is 2.11. The van der Waals surface area contributed by atoms with Crippen molar-refractivity contribution >= 4 is 11.6 Å². The number of pyridine rings is 1. The van der Waals surface area contributed by atoms with Gasteiger partial charge in [-0.2, -0.15) is 0 Å². The lowest BCUT2D eigenvalue weighted by Gasteiger charge is -2.14. The molecule has 0 fully saturated rings. The molecule has 0 unspecified atom stereocenters. The Morgan fingerprint density at radius 1 is 1.14 bits per heavy atom. The number of hydrogen-bond acceptors (Lipinski definition) is 3. The van der Waals surface area contributed by atoms with Crippen LogP contribution < -0.4 is 10.1 Å². The van der Waals surface area contributed by atoms with Gasteiger partial charge in [-0.25, -0.2) is 4.98 Å². The number of aromatic nitrogens is 1. The molecule has 3 nitrogen and oxygen atoms in total. The van der Waals surface area contributed by atoms with Crippen LogP contribution in [0.15, 0.2) is 24.3 Å². The van der Waals surface area contributed by atoms with E-state index < -0.39 is 0 Å². The molecule has 0 radical (unpaired) electrons. The van der Waals surface area contributed by atoms with Crippen molar-refractivity contribution in [1.82, 2.24) is 10.3 Å². The van der Waals surface area contributed by atoms with E-state index in [0.29, 0.717) is 5.88 Å².